The van der Waals surface area contributed by atoms with Gasteiger partial charge in [0, 0.05) is 0 Å². The number of alkyl halides is 2. The van der Waals surface area contributed by atoms with Gasteiger partial charge >= 0.3 is 5.76 Å². The summed E-state index contributed by atoms with van der Waals surface area (Å²) in [7, 11) is -8.75. The van der Waals surface area contributed by atoms with Crippen molar-refractivity contribution in [1.82, 2.24) is 0 Å². The molecule has 0 heterocycles. The largest absolute Gasteiger partial charge is 0.341 e. The maximum absolute atomic E-state index is 12.5. The lowest BCUT2D eigenvalue weighted by molar-refractivity contribution is 0.234. The number of halogens is 2. The van der Waals surface area contributed by atoms with Gasteiger partial charge in [-0.25, -0.2) is 16.8 Å². The average Bonchev–Trinajstić information content (AvgIpc) is 2.56. The standard InChI is InChI=1S/C16H17F2NO4S2/c1-3-12-6-4-5-11(2)15(12)19-25(22,23)14-9-7-13(8-10-14)24(20,21)16(17)18/h4-10,16,19H,3H2,1-2H3. The SMILES string of the molecule is CCc1cccc(C)c1NS(=O)(=O)c1ccc(S(=O)(=O)C(F)F)cc1. The Bertz CT molecular complexity index is 970. The molecule has 0 atom stereocenters. The molecule has 25 heavy (non-hydrogen) atoms. The lowest BCUT2D eigenvalue weighted by Crippen LogP contribution is -2.16. The van der Waals surface area contributed by atoms with Gasteiger partial charge in [0.15, 0.2) is 0 Å². The van der Waals surface area contributed by atoms with Gasteiger partial charge < -0.3 is 0 Å². The quantitative estimate of drug-likeness (QED) is 0.822. The Morgan fingerprint density at radius 2 is 1.52 bits per heavy atom. The predicted octanol–water partition coefficient (Wildman–Crippen LogP) is 3.35. The first-order valence-electron chi connectivity index (χ1n) is 7.33. The van der Waals surface area contributed by atoms with Gasteiger partial charge in [0.2, 0.25) is 9.84 Å². The van der Waals surface area contributed by atoms with E-state index in [0.717, 1.165) is 35.4 Å². The zero-order chi connectivity index (χ0) is 18.8. The van der Waals surface area contributed by atoms with E-state index >= 15 is 0 Å². The number of anilines is 1. The third-order valence-electron chi connectivity index (χ3n) is 3.67. The van der Waals surface area contributed by atoms with Crippen molar-refractivity contribution in [2.75, 3.05) is 4.72 Å². The summed E-state index contributed by atoms with van der Waals surface area (Å²) in [6.45, 7) is 3.64. The van der Waals surface area contributed by atoms with Gasteiger partial charge in [-0.05, 0) is 48.7 Å². The molecular formula is C16H17F2NO4S2. The van der Waals surface area contributed by atoms with Crippen LogP contribution in [0.1, 0.15) is 18.1 Å². The van der Waals surface area contributed by atoms with Gasteiger partial charge in [-0.15, -0.1) is 0 Å². The van der Waals surface area contributed by atoms with E-state index in [9.17, 15) is 25.6 Å². The summed E-state index contributed by atoms with van der Waals surface area (Å²) in [5, 5.41) is 0. The third kappa shape index (κ3) is 3.98. The molecule has 0 unspecified atom stereocenters. The fourth-order valence-electron chi connectivity index (χ4n) is 2.27. The maximum Gasteiger partial charge on any atom is 0.341 e. The molecule has 0 bridgehead atoms. The van der Waals surface area contributed by atoms with E-state index in [1.54, 1.807) is 19.1 Å². The number of hydrogen-bond donors (Lipinski definition) is 1. The highest BCUT2D eigenvalue weighted by atomic mass is 32.2. The van der Waals surface area contributed by atoms with E-state index in [-0.39, 0.29) is 4.90 Å². The molecule has 0 saturated heterocycles. The first-order valence-corrected chi connectivity index (χ1v) is 10.4. The van der Waals surface area contributed by atoms with Crippen LogP contribution in [0, 0.1) is 6.92 Å². The van der Waals surface area contributed by atoms with Gasteiger partial charge in [0.25, 0.3) is 10.0 Å². The number of hydrogen-bond acceptors (Lipinski definition) is 4. The average molecular weight is 389 g/mol. The summed E-state index contributed by atoms with van der Waals surface area (Å²) >= 11 is 0. The van der Waals surface area contributed by atoms with Crippen molar-refractivity contribution in [3.05, 3.63) is 53.6 Å². The van der Waals surface area contributed by atoms with Crippen molar-refractivity contribution in [3.8, 4) is 0 Å². The predicted molar refractivity (Wildman–Crippen MR) is 91.0 cm³/mol. The van der Waals surface area contributed by atoms with Crippen molar-refractivity contribution in [2.45, 2.75) is 35.8 Å². The molecule has 0 aliphatic rings. The van der Waals surface area contributed by atoms with Crippen LogP contribution in [0.4, 0.5) is 14.5 Å². The molecule has 2 aromatic rings. The highest BCUT2D eigenvalue weighted by molar-refractivity contribution is 7.93. The van der Waals surface area contributed by atoms with Gasteiger partial charge in [0.1, 0.15) is 0 Å². The van der Waals surface area contributed by atoms with Crippen LogP contribution >= 0.6 is 0 Å². The highest BCUT2D eigenvalue weighted by Gasteiger charge is 2.27. The van der Waals surface area contributed by atoms with Crippen molar-refractivity contribution in [2.24, 2.45) is 0 Å². The Kier molecular flexibility index (Phi) is 5.48. The Morgan fingerprint density at radius 3 is 2.04 bits per heavy atom. The second kappa shape index (κ2) is 7.09. The lowest BCUT2D eigenvalue weighted by Gasteiger charge is -2.14. The zero-order valence-electron chi connectivity index (χ0n) is 13.5. The van der Waals surface area contributed by atoms with Crippen LogP contribution in [0.25, 0.3) is 0 Å². The van der Waals surface area contributed by atoms with E-state index < -0.39 is 30.5 Å². The number of rotatable bonds is 6. The Balaban J connectivity index is 2.39. The van der Waals surface area contributed by atoms with Gasteiger partial charge in [-0.3, -0.25) is 4.72 Å². The summed E-state index contributed by atoms with van der Waals surface area (Å²) in [6.07, 6.45) is 0.616. The summed E-state index contributed by atoms with van der Waals surface area (Å²) in [5.74, 6) is -3.56. The van der Waals surface area contributed by atoms with Crippen LogP contribution in [0.5, 0.6) is 0 Å². The summed E-state index contributed by atoms with van der Waals surface area (Å²) in [4.78, 5) is -0.849. The monoisotopic (exact) mass is 389 g/mol. The smallest absolute Gasteiger partial charge is 0.279 e. The van der Waals surface area contributed by atoms with Crippen molar-refractivity contribution in [1.29, 1.82) is 0 Å². The van der Waals surface area contributed by atoms with E-state index in [1.165, 1.54) is 0 Å². The number of sulfone groups is 1. The molecule has 0 amide bonds. The fraction of sp³-hybridized carbons (Fsp3) is 0.250. The van der Waals surface area contributed by atoms with Gasteiger partial charge in [-0.1, -0.05) is 25.1 Å². The minimum absolute atomic E-state index is 0.217. The van der Waals surface area contributed by atoms with Crippen LogP contribution in [-0.2, 0) is 26.3 Å². The normalized spacial score (nSPS) is 12.4. The topological polar surface area (TPSA) is 80.3 Å². The molecule has 136 valence electrons. The molecule has 0 fully saturated rings. The van der Waals surface area contributed by atoms with Crippen LogP contribution in [-0.4, -0.2) is 22.6 Å². The molecule has 0 aliphatic heterocycles. The Hall–Kier alpha value is -2.00. The van der Waals surface area contributed by atoms with Gasteiger partial charge in [0.05, 0.1) is 15.5 Å². The molecule has 0 aliphatic carbocycles. The van der Waals surface area contributed by atoms with Crippen LogP contribution < -0.4 is 4.72 Å². The van der Waals surface area contributed by atoms with E-state index in [2.05, 4.69) is 4.72 Å². The highest BCUT2D eigenvalue weighted by Crippen LogP contribution is 2.26. The first kappa shape index (κ1) is 19.3. The zero-order valence-corrected chi connectivity index (χ0v) is 15.2. The third-order valence-corrected chi connectivity index (χ3v) is 6.44. The number of aryl methyl sites for hydroxylation is 2. The number of benzene rings is 2. The number of nitrogens with one attached hydrogen (secondary N) is 1. The van der Waals surface area contributed by atoms with E-state index in [4.69, 9.17) is 0 Å². The van der Waals surface area contributed by atoms with Crippen LogP contribution in [0.15, 0.2) is 52.3 Å². The summed E-state index contributed by atoms with van der Waals surface area (Å²) in [6, 6.07) is 9.06. The van der Waals surface area contributed by atoms with Crippen LogP contribution in [0.2, 0.25) is 0 Å². The summed E-state index contributed by atoms with van der Waals surface area (Å²) < 4.78 is 75.3. The van der Waals surface area contributed by atoms with E-state index in [1.807, 2.05) is 13.0 Å². The van der Waals surface area contributed by atoms with E-state index in [0.29, 0.717) is 12.1 Å². The van der Waals surface area contributed by atoms with Crippen LogP contribution in [0.3, 0.4) is 0 Å². The minimum atomic E-state index is -4.76. The Labute approximate surface area is 145 Å². The van der Waals surface area contributed by atoms with Gasteiger partial charge in [-0.2, -0.15) is 8.78 Å². The second-order valence-electron chi connectivity index (χ2n) is 5.35. The molecule has 0 spiro atoms. The number of sulfonamides is 1. The molecule has 0 aromatic heterocycles. The fourth-order valence-corrected chi connectivity index (χ4v) is 4.17. The van der Waals surface area contributed by atoms with Crippen molar-refractivity contribution in [3.63, 3.8) is 0 Å². The Morgan fingerprint density at radius 1 is 0.960 bits per heavy atom. The molecule has 2 aromatic carbocycles. The summed E-state index contributed by atoms with van der Waals surface area (Å²) in [5.41, 5.74) is 1.99. The molecule has 1 N–H and O–H groups in total. The minimum Gasteiger partial charge on any atom is -0.279 e. The molecule has 9 heteroatoms. The molecule has 2 rings (SSSR count). The molecule has 5 nitrogen and oxygen atoms in total. The number of para-hydroxylation sites is 1. The maximum atomic E-state index is 12.5. The molecular weight excluding hydrogens is 372 g/mol. The first-order chi connectivity index (χ1) is 11.6. The molecule has 0 saturated carbocycles. The molecule has 0 radical (unpaired) electrons. The van der Waals surface area contributed by atoms with Crippen molar-refractivity contribution < 1.29 is 25.6 Å². The second-order valence-corrected chi connectivity index (χ2v) is 8.95. The van der Waals surface area contributed by atoms with Crippen molar-refractivity contribution >= 4 is 25.5 Å². The lowest BCUT2D eigenvalue weighted by atomic mass is 10.1.